The van der Waals surface area contributed by atoms with E-state index in [9.17, 15) is 0 Å². The lowest BCUT2D eigenvalue weighted by atomic mass is 9.94. The first kappa shape index (κ1) is 11.3. The number of nitrogens with one attached hydrogen (secondary N) is 1. The van der Waals surface area contributed by atoms with Crippen molar-refractivity contribution in [3.8, 4) is 11.6 Å². The maximum atomic E-state index is 5.30. The Morgan fingerprint density at radius 2 is 2.11 bits per heavy atom. The van der Waals surface area contributed by atoms with Crippen LogP contribution in [0, 0.1) is 5.92 Å². The summed E-state index contributed by atoms with van der Waals surface area (Å²) >= 11 is 0. The van der Waals surface area contributed by atoms with Gasteiger partial charge in [-0.2, -0.15) is 4.98 Å². The normalized spacial score (nSPS) is 24.1. The first-order valence-corrected chi connectivity index (χ1v) is 6.17. The second-order valence-electron chi connectivity index (χ2n) is 4.66. The van der Waals surface area contributed by atoms with Gasteiger partial charge in [0.2, 0.25) is 17.5 Å². The van der Waals surface area contributed by atoms with Gasteiger partial charge in [-0.3, -0.25) is 0 Å². The predicted octanol–water partition coefficient (Wildman–Crippen LogP) is 1.59. The van der Waals surface area contributed by atoms with E-state index in [2.05, 4.69) is 32.3 Å². The third kappa shape index (κ3) is 2.24. The Morgan fingerprint density at radius 1 is 1.28 bits per heavy atom. The van der Waals surface area contributed by atoms with E-state index in [-0.39, 0.29) is 6.04 Å². The molecule has 0 aromatic carbocycles. The van der Waals surface area contributed by atoms with E-state index in [0.717, 1.165) is 13.0 Å². The highest BCUT2D eigenvalue weighted by atomic mass is 16.5. The average Bonchev–Trinajstić information content (AvgIpc) is 2.89. The minimum Gasteiger partial charge on any atom is -0.337 e. The van der Waals surface area contributed by atoms with Crippen molar-refractivity contribution in [3.63, 3.8) is 0 Å². The Morgan fingerprint density at radius 3 is 2.89 bits per heavy atom. The van der Waals surface area contributed by atoms with Gasteiger partial charge >= 0.3 is 0 Å². The summed E-state index contributed by atoms with van der Waals surface area (Å²) in [6, 6.07) is 1.91. The molecule has 1 saturated heterocycles. The van der Waals surface area contributed by atoms with E-state index < -0.39 is 0 Å². The molecule has 1 aliphatic heterocycles. The van der Waals surface area contributed by atoms with Crippen molar-refractivity contribution in [2.75, 3.05) is 6.54 Å². The summed E-state index contributed by atoms with van der Waals surface area (Å²) in [5, 5.41) is 7.33. The molecule has 0 spiro atoms. The topological polar surface area (TPSA) is 76.7 Å². The van der Waals surface area contributed by atoms with Gasteiger partial charge in [0.1, 0.15) is 0 Å². The average molecular weight is 245 g/mol. The molecule has 2 aromatic rings. The second kappa shape index (κ2) is 4.81. The van der Waals surface area contributed by atoms with Gasteiger partial charge in [0.05, 0.1) is 6.04 Å². The van der Waals surface area contributed by atoms with Crippen molar-refractivity contribution in [3.05, 3.63) is 24.4 Å². The van der Waals surface area contributed by atoms with E-state index in [1.165, 1.54) is 6.42 Å². The lowest BCUT2D eigenvalue weighted by Gasteiger charge is -2.25. The Hall–Kier alpha value is -1.82. The van der Waals surface area contributed by atoms with Crippen LogP contribution in [0.5, 0.6) is 0 Å². The standard InChI is InChI=1S/C12H15N5O/c1-8-3-6-13-9(7-8)12-16-11(17-18-12)10-14-4-2-5-15-10/h2,4-5,8-9,13H,3,6-7H2,1H3. The Balaban J connectivity index is 1.81. The Bertz CT molecular complexity index is 512. The Kier molecular flexibility index (Phi) is 3.02. The highest BCUT2D eigenvalue weighted by Gasteiger charge is 2.25. The summed E-state index contributed by atoms with van der Waals surface area (Å²) in [7, 11) is 0. The van der Waals surface area contributed by atoms with Gasteiger partial charge in [0.25, 0.3) is 0 Å². The molecule has 3 heterocycles. The molecule has 2 unspecified atom stereocenters. The molecule has 2 atom stereocenters. The van der Waals surface area contributed by atoms with Crippen molar-refractivity contribution in [1.82, 2.24) is 25.4 Å². The first-order chi connectivity index (χ1) is 8.83. The molecule has 94 valence electrons. The van der Waals surface area contributed by atoms with Gasteiger partial charge in [-0.1, -0.05) is 12.1 Å². The summed E-state index contributed by atoms with van der Waals surface area (Å²) in [6.45, 7) is 3.23. The molecule has 3 rings (SSSR count). The second-order valence-corrected chi connectivity index (χ2v) is 4.66. The van der Waals surface area contributed by atoms with Crippen molar-refractivity contribution in [1.29, 1.82) is 0 Å². The lowest BCUT2D eigenvalue weighted by molar-refractivity contribution is 0.260. The molecule has 2 aromatic heterocycles. The van der Waals surface area contributed by atoms with E-state index in [4.69, 9.17) is 4.52 Å². The van der Waals surface area contributed by atoms with E-state index >= 15 is 0 Å². The zero-order valence-electron chi connectivity index (χ0n) is 10.2. The van der Waals surface area contributed by atoms with Gasteiger partial charge in [-0.05, 0) is 31.4 Å². The van der Waals surface area contributed by atoms with Crippen LogP contribution >= 0.6 is 0 Å². The molecule has 1 aliphatic rings. The van der Waals surface area contributed by atoms with Crippen LogP contribution in [0.3, 0.4) is 0 Å². The molecule has 6 nitrogen and oxygen atoms in total. The predicted molar refractivity (Wildman–Crippen MR) is 64.5 cm³/mol. The number of aromatic nitrogens is 4. The van der Waals surface area contributed by atoms with Crippen LogP contribution in [0.4, 0.5) is 0 Å². The number of rotatable bonds is 2. The van der Waals surface area contributed by atoms with Crippen LogP contribution in [-0.4, -0.2) is 26.7 Å². The van der Waals surface area contributed by atoms with Crippen LogP contribution in [0.2, 0.25) is 0 Å². The molecule has 0 radical (unpaired) electrons. The first-order valence-electron chi connectivity index (χ1n) is 6.17. The zero-order valence-corrected chi connectivity index (χ0v) is 10.2. The fourth-order valence-corrected chi connectivity index (χ4v) is 2.18. The number of hydrogen-bond acceptors (Lipinski definition) is 6. The van der Waals surface area contributed by atoms with E-state index in [0.29, 0.717) is 23.5 Å². The van der Waals surface area contributed by atoms with E-state index in [1.807, 2.05) is 0 Å². The molecular weight excluding hydrogens is 230 g/mol. The van der Waals surface area contributed by atoms with Gasteiger partial charge in [-0.25, -0.2) is 9.97 Å². The van der Waals surface area contributed by atoms with Crippen molar-refractivity contribution >= 4 is 0 Å². The van der Waals surface area contributed by atoms with Crippen LogP contribution in [0.1, 0.15) is 31.7 Å². The fraction of sp³-hybridized carbons (Fsp3) is 0.500. The molecule has 0 amide bonds. The van der Waals surface area contributed by atoms with Gasteiger partial charge < -0.3 is 9.84 Å². The molecule has 0 bridgehead atoms. The van der Waals surface area contributed by atoms with Crippen LogP contribution in [0.25, 0.3) is 11.6 Å². The quantitative estimate of drug-likeness (QED) is 0.865. The van der Waals surface area contributed by atoms with Crippen LogP contribution < -0.4 is 5.32 Å². The smallest absolute Gasteiger partial charge is 0.244 e. The molecule has 6 heteroatoms. The van der Waals surface area contributed by atoms with Crippen LogP contribution in [-0.2, 0) is 0 Å². The van der Waals surface area contributed by atoms with Gasteiger partial charge in [0, 0.05) is 12.4 Å². The lowest BCUT2D eigenvalue weighted by Crippen LogP contribution is -2.30. The highest BCUT2D eigenvalue weighted by molar-refractivity contribution is 5.40. The van der Waals surface area contributed by atoms with Gasteiger partial charge in [0.15, 0.2) is 0 Å². The van der Waals surface area contributed by atoms with Crippen LogP contribution in [0.15, 0.2) is 23.0 Å². The SMILES string of the molecule is CC1CCNC(c2nc(-c3ncccn3)no2)C1. The summed E-state index contributed by atoms with van der Waals surface area (Å²) in [4.78, 5) is 12.6. The minimum atomic E-state index is 0.152. The number of hydrogen-bond donors (Lipinski definition) is 1. The zero-order chi connectivity index (χ0) is 12.4. The largest absolute Gasteiger partial charge is 0.337 e. The fourth-order valence-electron chi connectivity index (χ4n) is 2.18. The highest BCUT2D eigenvalue weighted by Crippen LogP contribution is 2.26. The van der Waals surface area contributed by atoms with E-state index in [1.54, 1.807) is 18.5 Å². The summed E-state index contributed by atoms with van der Waals surface area (Å²) < 4.78 is 5.30. The molecule has 0 aliphatic carbocycles. The molecule has 0 saturated carbocycles. The number of piperidine rings is 1. The summed E-state index contributed by atoms with van der Waals surface area (Å²) in [5.74, 6) is 2.26. The van der Waals surface area contributed by atoms with Crippen molar-refractivity contribution in [2.24, 2.45) is 5.92 Å². The maximum Gasteiger partial charge on any atom is 0.244 e. The molecular formula is C12H15N5O. The maximum absolute atomic E-state index is 5.30. The third-order valence-electron chi connectivity index (χ3n) is 3.17. The molecule has 18 heavy (non-hydrogen) atoms. The number of nitrogens with zero attached hydrogens (tertiary/aromatic N) is 4. The van der Waals surface area contributed by atoms with Crippen molar-refractivity contribution < 1.29 is 4.52 Å². The Labute approximate surface area is 105 Å². The molecule has 1 fully saturated rings. The summed E-state index contributed by atoms with van der Waals surface area (Å²) in [6.07, 6.45) is 5.55. The summed E-state index contributed by atoms with van der Waals surface area (Å²) in [5.41, 5.74) is 0. The van der Waals surface area contributed by atoms with Crippen molar-refractivity contribution in [2.45, 2.75) is 25.8 Å². The third-order valence-corrected chi connectivity index (χ3v) is 3.17. The minimum absolute atomic E-state index is 0.152. The van der Waals surface area contributed by atoms with Gasteiger partial charge in [-0.15, -0.1) is 0 Å². The molecule has 1 N–H and O–H groups in total. The monoisotopic (exact) mass is 245 g/mol.